The first-order valence-electron chi connectivity index (χ1n) is 11.8. The van der Waals surface area contributed by atoms with Gasteiger partial charge in [0.25, 0.3) is 5.91 Å². The van der Waals surface area contributed by atoms with E-state index in [1.807, 2.05) is 74.8 Å². The largest absolute Gasteiger partial charge is 0.457 e. The number of aliphatic imine (C=N–C) groups is 1. The molecule has 3 aromatic heterocycles. The van der Waals surface area contributed by atoms with E-state index in [9.17, 15) is 4.79 Å². The highest BCUT2D eigenvalue weighted by Crippen LogP contribution is 2.28. The van der Waals surface area contributed by atoms with Gasteiger partial charge in [0.05, 0.1) is 0 Å². The molecule has 0 saturated heterocycles. The lowest BCUT2D eigenvalue weighted by molar-refractivity contribution is 0.0950. The highest BCUT2D eigenvalue weighted by Gasteiger charge is 2.13. The number of allylic oxidation sites excluding steroid dienone is 2. The average molecular weight is 485 g/mol. The lowest BCUT2D eigenvalue weighted by atomic mass is 10.1. The fourth-order valence-electron chi connectivity index (χ4n) is 3.42. The summed E-state index contributed by atoms with van der Waals surface area (Å²) in [5.41, 5.74) is 4.07. The molecule has 3 heterocycles. The van der Waals surface area contributed by atoms with Gasteiger partial charge in [0, 0.05) is 67.5 Å². The highest BCUT2D eigenvalue weighted by atomic mass is 16.5. The zero-order valence-corrected chi connectivity index (χ0v) is 21.3. The fourth-order valence-corrected chi connectivity index (χ4v) is 3.42. The summed E-state index contributed by atoms with van der Waals surface area (Å²) in [4.78, 5) is 25.4. The molecule has 0 spiro atoms. The third kappa shape index (κ3) is 6.79. The molecule has 1 amide bonds. The lowest BCUT2D eigenvalue weighted by Gasteiger charge is -2.14. The molecule has 4 rings (SSSR count). The molecule has 4 aromatic rings. The van der Waals surface area contributed by atoms with Crippen LogP contribution in [0.1, 0.15) is 42.3 Å². The van der Waals surface area contributed by atoms with Crippen molar-refractivity contribution in [3.8, 4) is 11.5 Å². The van der Waals surface area contributed by atoms with Crippen molar-refractivity contribution < 1.29 is 9.53 Å². The Morgan fingerprint density at radius 3 is 2.78 bits per heavy atom. The number of benzene rings is 1. The molecule has 0 bridgehead atoms. The molecule has 0 radical (unpaired) electrons. The molecule has 0 aliphatic rings. The minimum absolute atomic E-state index is 0.163. The van der Waals surface area contributed by atoms with Crippen LogP contribution in [0, 0.1) is 6.92 Å². The number of aromatic nitrogens is 3. The summed E-state index contributed by atoms with van der Waals surface area (Å²) in [5, 5.41) is 6.18. The first kappa shape index (κ1) is 26.2. The average Bonchev–Trinajstić information content (AvgIpc) is 3.37. The second kappa shape index (κ2) is 12.9. The zero-order chi connectivity index (χ0) is 25.9. The first-order valence-corrected chi connectivity index (χ1v) is 11.8. The summed E-state index contributed by atoms with van der Waals surface area (Å²) in [7, 11) is 1.72. The van der Waals surface area contributed by atoms with Gasteiger partial charge in [-0.2, -0.15) is 0 Å². The Hall–Kier alpha value is -4.46. The quantitative estimate of drug-likeness (QED) is 0.308. The van der Waals surface area contributed by atoms with E-state index in [1.165, 1.54) is 0 Å². The molecule has 0 aliphatic heterocycles. The molecule has 1 aromatic carbocycles. The molecular weight excluding hydrogens is 452 g/mol. The Labute approximate surface area is 211 Å². The standard InChI is InChI=1S/C26H26N6O2.C2H6/c1-18(9-11-27-3)31-24-15-21(10-12-28-24)34-23-6-4-5-22(19(23)2)26(33)30-16-20-7-8-25-29-13-14-32(25)17-20;1-2/h4-15,17H,16H2,1-3H3,(H,28,31)(H,30,33);1-2H3/b18-9+,27-11?;. The number of nitrogens with one attached hydrogen (secondary N) is 2. The van der Waals surface area contributed by atoms with E-state index in [1.54, 1.807) is 43.9 Å². The second-order valence-electron chi connectivity index (χ2n) is 7.70. The number of rotatable bonds is 8. The summed E-state index contributed by atoms with van der Waals surface area (Å²) in [6.07, 6.45) is 10.8. The van der Waals surface area contributed by atoms with Crippen molar-refractivity contribution in [1.82, 2.24) is 19.7 Å². The van der Waals surface area contributed by atoms with Gasteiger partial charge in [-0.1, -0.05) is 26.0 Å². The van der Waals surface area contributed by atoms with Crippen molar-refractivity contribution in [2.45, 2.75) is 34.2 Å². The van der Waals surface area contributed by atoms with Crippen molar-refractivity contribution in [1.29, 1.82) is 0 Å². The molecule has 2 N–H and O–H groups in total. The van der Waals surface area contributed by atoms with Gasteiger partial charge in [0.15, 0.2) is 0 Å². The number of ether oxygens (including phenoxy) is 1. The topological polar surface area (TPSA) is 92.9 Å². The molecule has 36 heavy (non-hydrogen) atoms. The van der Waals surface area contributed by atoms with E-state index in [0.717, 1.165) is 22.5 Å². The van der Waals surface area contributed by atoms with Gasteiger partial charge in [-0.3, -0.25) is 9.79 Å². The smallest absolute Gasteiger partial charge is 0.251 e. The second-order valence-corrected chi connectivity index (χ2v) is 7.70. The summed E-state index contributed by atoms with van der Waals surface area (Å²) < 4.78 is 8.01. The van der Waals surface area contributed by atoms with E-state index in [-0.39, 0.29) is 5.91 Å². The number of carbonyl (C=O) groups is 1. The van der Waals surface area contributed by atoms with Crippen LogP contribution in [0.3, 0.4) is 0 Å². The van der Waals surface area contributed by atoms with Crippen LogP contribution >= 0.6 is 0 Å². The van der Waals surface area contributed by atoms with Gasteiger partial charge in [0.2, 0.25) is 0 Å². The fraction of sp³-hybridized carbons (Fsp3) is 0.214. The van der Waals surface area contributed by atoms with Crippen LogP contribution in [-0.4, -0.2) is 33.5 Å². The van der Waals surface area contributed by atoms with E-state index in [4.69, 9.17) is 4.74 Å². The molecular formula is C28H32N6O2. The molecule has 0 saturated carbocycles. The van der Waals surface area contributed by atoms with Crippen LogP contribution in [0.4, 0.5) is 5.82 Å². The van der Waals surface area contributed by atoms with Gasteiger partial charge in [-0.25, -0.2) is 9.97 Å². The Kier molecular flexibility index (Phi) is 9.33. The third-order valence-electron chi connectivity index (χ3n) is 5.19. The minimum atomic E-state index is -0.163. The van der Waals surface area contributed by atoms with Gasteiger partial charge >= 0.3 is 0 Å². The number of hydrogen-bond donors (Lipinski definition) is 2. The summed E-state index contributed by atoms with van der Waals surface area (Å²) >= 11 is 0. The van der Waals surface area contributed by atoms with Crippen molar-refractivity contribution in [2.75, 3.05) is 12.4 Å². The molecule has 0 aliphatic carbocycles. The SMILES string of the molecule is CC.CN=C/C=C(\C)Nc1cc(Oc2cccc(C(=O)NCc3ccc4nccn4c3)c2C)ccn1. The summed E-state index contributed by atoms with van der Waals surface area (Å²) in [6.45, 7) is 8.21. The Morgan fingerprint density at radius 1 is 1.14 bits per heavy atom. The molecule has 186 valence electrons. The Balaban J connectivity index is 0.00000176. The number of imidazole rings is 1. The predicted molar refractivity (Wildman–Crippen MR) is 145 cm³/mol. The van der Waals surface area contributed by atoms with Crippen molar-refractivity contribution in [2.24, 2.45) is 4.99 Å². The normalized spacial score (nSPS) is 11.2. The van der Waals surface area contributed by atoms with Crippen LogP contribution in [0.15, 0.2) is 84.0 Å². The van der Waals surface area contributed by atoms with Gasteiger partial charge in [0.1, 0.15) is 23.0 Å². The van der Waals surface area contributed by atoms with Crippen molar-refractivity contribution >= 4 is 23.6 Å². The zero-order valence-electron chi connectivity index (χ0n) is 21.3. The number of hydrogen-bond acceptors (Lipinski definition) is 6. The van der Waals surface area contributed by atoms with Crippen molar-refractivity contribution in [3.05, 3.63) is 95.7 Å². The number of anilines is 1. The van der Waals surface area contributed by atoms with E-state index in [0.29, 0.717) is 29.4 Å². The van der Waals surface area contributed by atoms with Gasteiger partial charge in [-0.15, -0.1) is 0 Å². The number of amides is 1. The number of carbonyl (C=O) groups excluding carboxylic acids is 1. The maximum atomic E-state index is 12.9. The minimum Gasteiger partial charge on any atom is -0.457 e. The molecule has 8 heteroatoms. The van der Waals surface area contributed by atoms with E-state index >= 15 is 0 Å². The number of fused-ring (bicyclic) bond motifs is 1. The van der Waals surface area contributed by atoms with Crippen molar-refractivity contribution in [3.63, 3.8) is 0 Å². The number of nitrogens with zero attached hydrogens (tertiary/aromatic N) is 4. The molecule has 8 nitrogen and oxygen atoms in total. The molecule has 0 fully saturated rings. The molecule has 0 unspecified atom stereocenters. The predicted octanol–water partition coefficient (Wildman–Crippen LogP) is 5.80. The summed E-state index contributed by atoms with van der Waals surface area (Å²) in [5.74, 6) is 1.71. The van der Waals surface area contributed by atoms with Gasteiger partial charge < -0.3 is 19.8 Å². The first-order chi connectivity index (χ1) is 17.5. The van der Waals surface area contributed by atoms with E-state index < -0.39 is 0 Å². The monoisotopic (exact) mass is 484 g/mol. The van der Waals surface area contributed by atoms with Crippen LogP contribution in [0.2, 0.25) is 0 Å². The third-order valence-corrected chi connectivity index (χ3v) is 5.19. The van der Waals surface area contributed by atoms with Crippen LogP contribution in [0.25, 0.3) is 5.65 Å². The van der Waals surface area contributed by atoms with Gasteiger partial charge in [-0.05, 0) is 49.8 Å². The number of pyridine rings is 2. The maximum Gasteiger partial charge on any atom is 0.251 e. The Bertz CT molecular complexity index is 1370. The Morgan fingerprint density at radius 2 is 1.97 bits per heavy atom. The summed E-state index contributed by atoms with van der Waals surface area (Å²) in [6, 6.07) is 12.9. The highest BCUT2D eigenvalue weighted by molar-refractivity contribution is 5.96. The maximum absolute atomic E-state index is 12.9. The molecule has 0 atom stereocenters. The van der Waals surface area contributed by atoms with Crippen LogP contribution < -0.4 is 15.4 Å². The van der Waals surface area contributed by atoms with Crippen LogP contribution in [-0.2, 0) is 6.54 Å². The lowest BCUT2D eigenvalue weighted by Crippen LogP contribution is -2.23. The van der Waals surface area contributed by atoms with Crippen LogP contribution in [0.5, 0.6) is 11.5 Å². The van der Waals surface area contributed by atoms with E-state index in [2.05, 4.69) is 25.6 Å².